The predicted molar refractivity (Wildman–Crippen MR) is 61.5 cm³/mol. The monoisotopic (exact) mass is 224 g/mol. The number of benzene rings is 1. The van der Waals surface area contributed by atoms with Gasteiger partial charge in [0.25, 0.3) is 0 Å². The highest BCUT2D eigenvalue weighted by atomic mass is 35.5. The van der Waals surface area contributed by atoms with Gasteiger partial charge in [-0.05, 0) is 19.9 Å². The first-order chi connectivity index (χ1) is 6.92. The molecule has 1 N–H and O–H groups in total. The van der Waals surface area contributed by atoms with Crippen molar-refractivity contribution in [2.24, 2.45) is 0 Å². The van der Waals surface area contributed by atoms with E-state index in [4.69, 9.17) is 22.8 Å². The molecule has 0 aliphatic carbocycles. The van der Waals surface area contributed by atoms with Gasteiger partial charge < -0.3 is 9.84 Å². The number of ether oxygens (including phenoxy) is 1. The molecule has 0 aromatic heterocycles. The Kier molecular flexibility index (Phi) is 3.16. The average molecular weight is 225 g/mol. The Morgan fingerprint density at radius 1 is 1.47 bits per heavy atom. The molecule has 0 fully saturated rings. The molecule has 0 atom stereocenters. The van der Waals surface area contributed by atoms with Gasteiger partial charge in [-0.1, -0.05) is 17.5 Å². The van der Waals surface area contributed by atoms with E-state index in [9.17, 15) is 5.11 Å². The third kappa shape index (κ3) is 2.19. The van der Waals surface area contributed by atoms with Gasteiger partial charge in [-0.2, -0.15) is 0 Å². The first-order valence-electron chi connectivity index (χ1n) is 4.47. The first kappa shape index (κ1) is 11.7. The van der Waals surface area contributed by atoms with Gasteiger partial charge in [0.2, 0.25) is 0 Å². The molecule has 2 nitrogen and oxygen atoms in total. The van der Waals surface area contributed by atoms with E-state index in [0.717, 1.165) is 0 Å². The minimum Gasteiger partial charge on any atom is -0.504 e. The highest BCUT2D eigenvalue weighted by molar-refractivity contribution is 6.30. The van der Waals surface area contributed by atoms with Crippen LogP contribution in [0.4, 0.5) is 0 Å². The largest absolute Gasteiger partial charge is 0.504 e. The van der Waals surface area contributed by atoms with Crippen LogP contribution in [0.5, 0.6) is 11.5 Å². The summed E-state index contributed by atoms with van der Waals surface area (Å²) in [5, 5.41) is 10.4. The van der Waals surface area contributed by atoms with Crippen molar-refractivity contribution in [1.29, 1.82) is 0 Å². The van der Waals surface area contributed by atoms with Crippen molar-refractivity contribution in [1.82, 2.24) is 0 Å². The number of hydrogen-bond acceptors (Lipinski definition) is 2. The maximum atomic E-state index is 9.90. The summed E-state index contributed by atoms with van der Waals surface area (Å²) in [6.45, 7) is 3.66. The van der Waals surface area contributed by atoms with Crippen molar-refractivity contribution in [3.8, 4) is 23.8 Å². The standard InChI is InChI=1S/C12H13ClO2/c1-5-12(2,3)9-6-8(13)7-10(15-4)11(9)14/h1,6-7,14H,2-4H3. The molecule has 1 aromatic carbocycles. The van der Waals surface area contributed by atoms with Gasteiger partial charge in [-0.3, -0.25) is 0 Å². The molecule has 0 heterocycles. The maximum absolute atomic E-state index is 9.90. The zero-order valence-electron chi connectivity index (χ0n) is 8.97. The summed E-state index contributed by atoms with van der Waals surface area (Å²) in [6, 6.07) is 3.20. The van der Waals surface area contributed by atoms with Crippen LogP contribution in [0.2, 0.25) is 5.02 Å². The summed E-state index contributed by atoms with van der Waals surface area (Å²) in [6.07, 6.45) is 5.40. The molecule has 15 heavy (non-hydrogen) atoms. The Labute approximate surface area is 94.8 Å². The van der Waals surface area contributed by atoms with E-state index in [0.29, 0.717) is 16.3 Å². The lowest BCUT2D eigenvalue weighted by Gasteiger charge is -2.21. The van der Waals surface area contributed by atoms with Crippen LogP contribution in [0, 0.1) is 12.3 Å². The smallest absolute Gasteiger partial charge is 0.162 e. The Balaban J connectivity index is 3.44. The fourth-order valence-electron chi connectivity index (χ4n) is 1.28. The number of hydrogen-bond donors (Lipinski definition) is 1. The van der Waals surface area contributed by atoms with Crippen molar-refractivity contribution >= 4 is 11.6 Å². The van der Waals surface area contributed by atoms with Crippen LogP contribution >= 0.6 is 11.6 Å². The highest BCUT2D eigenvalue weighted by Gasteiger charge is 2.24. The lowest BCUT2D eigenvalue weighted by atomic mass is 9.85. The van der Waals surface area contributed by atoms with Crippen molar-refractivity contribution in [3.05, 3.63) is 22.7 Å². The average Bonchev–Trinajstić information content (AvgIpc) is 2.20. The summed E-state index contributed by atoms with van der Waals surface area (Å²) in [5.74, 6) is 2.98. The number of halogens is 1. The Morgan fingerprint density at radius 3 is 2.53 bits per heavy atom. The molecule has 0 unspecified atom stereocenters. The third-order valence-corrected chi connectivity index (χ3v) is 2.51. The summed E-state index contributed by atoms with van der Waals surface area (Å²) in [4.78, 5) is 0. The van der Waals surface area contributed by atoms with Crippen LogP contribution in [0.3, 0.4) is 0 Å². The molecule has 0 aliphatic rings. The van der Waals surface area contributed by atoms with E-state index >= 15 is 0 Å². The molecule has 1 rings (SSSR count). The van der Waals surface area contributed by atoms with Gasteiger partial charge in [0, 0.05) is 16.7 Å². The van der Waals surface area contributed by atoms with Gasteiger partial charge in [0.1, 0.15) is 0 Å². The van der Waals surface area contributed by atoms with Crippen LogP contribution in [-0.2, 0) is 5.41 Å². The second kappa shape index (κ2) is 4.04. The molecule has 0 aliphatic heterocycles. The predicted octanol–water partition coefficient (Wildman–Crippen LogP) is 2.97. The topological polar surface area (TPSA) is 29.5 Å². The quantitative estimate of drug-likeness (QED) is 0.783. The molecule has 0 saturated carbocycles. The Morgan fingerprint density at radius 2 is 2.07 bits per heavy atom. The van der Waals surface area contributed by atoms with Crippen LogP contribution in [0.15, 0.2) is 12.1 Å². The molecule has 3 heteroatoms. The summed E-state index contributed by atoms with van der Waals surface area (Å²) >= 11 is 5.90. The van der Waals surface area contributed by atoms with Crippen molar-refractivity contribution in [2.45, 2.75) is 19.3 Å². The van der Waals surface area contributed by atoms with E-state index < -0.39 is 5.41 Å². The summed E-state index contributed by atoms with van der Waals surface area (Å²) in [7, 11) is 1.47. The van der Waals surface area contributed by atoms with Crippen LogP contribution in [0.1, 0.15) is 19.4 Å². The minimum atomic E-state index is -0.581. The van der Waals surface area contributed by atoms with E-state index in [1.807, 2.05) is 13.8 Å². The molecule has 0 amide bonds. The number of phenolic OH excluding ortho intramolecular Hbond substituents is 1. The van der Waals surface area contributed by atoms with E-state index in [2.05, 4.69) is 5.92 Å². The summed E-state index contributed by atoms with van der Waals surface area (Å²) in [5.41, 5.74) is 0.0109. The Bertz CT molecular complexity index is 416. The highest BCUT2D eigenvalue weighted by Crippen LogP contribution is 2.39. The van der Waals surface area contributed by atoms with Crippen molar-refractivity contribution in [3.63, 3.8) is 0 Å². The van der Waals surface area contributed by atoms with Crippen molar-refractivity contribution in [2.75, 3.05) is 7.11 Å². The first-order valence-corrected chi connectivity index (χ1v) is 4.85. The Hall–Kier alpha value is -1.33. The van der Waals surface area contributed by atoms with E-state index in [1.54, 1.807) is 12.1 Å². The van der Waals surface area contributed by atoms with Gasteiger partial charge in [-0.15, -0.1) is 6.42 Å². The van der Waals surface area contributed by atoms with Gasteiger partial charge in [0.15, 0.2) is 11.5 Å². The fourth-order valence-corrected chi connectivity index (χ4v) is 1.49. The molecule has 80 valence electrons. The fraction of sp³-hybridized carbons (Fsp3) is 0.333. The van der Waals surface area contributed by atoms with Gasteiger partial charge in [-0.25, -0.2) is 0 Å². The zero-order chi connectivity index (χ0) is 11.6. The molecular weight excluding hydrogens is 212 g/mol. The summed E-state index contributed by atoms with van der Waals surface area (Å²) < 4.78 is 5.00. The number of aromatic hydroxyl groups is 1. The normalized spacial score (nSPS) is 10.9. The third-order valence-electron chi connectivity index (χ3n) is 2.29. The van der Waals surface area contributed by atoms with Gasteiger partial charge >= 0.3 is 0 Å². The van der Waals surface area contributed by atoms with Crippen LogP contribution in [-0.4, -0.2) is 12.2 Å². The number of rotatable bonds is 2. The number of terminal acetylenes is 1. The van der Waals surface area contributed by atoms with Crippen LogP contribution in [0.25, 0.3) is 0 Å². The van der Waals surface area contributed by atoms with Crippen molar-refractivity contribution < 1.29 is 9.84 Å². The molecular formula is C12H13ClO2. The number of methoxy groups -OCH3 is 1. The lowest BCUT2D eigenvalue weighted by Crippen LogP contribution is -2.14. The van der Waals surface area contributed by atoms with E-state index in [-0.39, 0.29) is 5.75 Å². The molecule has 0 saturated heterocycles. The molecule has 0 bridgehead atoms. The number of phenols is 1. The van der Waals surface area contributed by atoms with Gasteiger partial charge in [0.05, 0.1) is 12.5 Å². The maximum Gasteiger partial charge on any atom is 0.162 e. The SMILES string of the molecule is C#CC(C)(C)c1cc(Cl)cc(OC)c1O. The zero-order valence-corrected chi connectivity index (χ0v) is 9.72. The van der Waals surface area contributed by atoms with E-state index in [1.165, 1.54) is 7.11 Å². The molecule has 0 radical (unpaired) electrons. The second-order valence-corrected chi connectivity index (χ2v) is 4.21. The minimum absolute atomic E-state index is 0.0462. The molecule has 1 aromatic rings. The lowest BCUT2D eigenvalue weighted by molar-refractivity contribution is 0.367. The second-order valence-electron chi connectivity index (χ2n) is 3.77. The van der Waals surface area contributed by atoms with Crippen LogP contribution < -0.4 is 4.74 Å². The molecule has 0 spiro atoms.